The lowest BCUT2D eigenvalue weighted by molar-refractivity contribution is 0.0610. The number of rotatable bonds is 5. The molecule has 0 saturated carbocycles. The second-order valence-corrected chi connectivity index (χ2v) is 9.47. The first-order chi connectivity index (χ1) is 15.5. The Labute approximate surface area is 190 Å². The Balaban J connectivity index is 1.42. The van der Waals surface area contributed by atoms with Gasteiger partial charge >= 0.3 is 5.69 Å². The number of aromatic amines is 1. The van der Waals surface area contributed by atoms with Gasteiger partial charge in [-0.15, -0.1) is 0 Å². The summed E-state index contributed by atoms with van der Waals surface area (Å²) in [7, 11) is 0. The van der Waals surface area contributed by atoms with Crippen molar-refractivity contribution in [3.63, 3.8) is 0 Å². The van der Waals surface area contributed by atoms with E-state index in [2.05, 4.69) is 48.2 Å². The molecule has 1 aromatic heterocycles. The van der Waals surface area contributed by atoms with Crippen LogP contribution in [0.3, 0.4) is 0 Å². The van der Waals surface area contributed by atoms with E-state index in [9.17, 15) is 4.79 Å². The number of nitrogens with one attached hydrogen (secondary N) is 1. The molecule has 1 saturated heterocycles. The summed E-state index contributed by atoms with van der Waals surface area (Å²) in [5.41, 5.74) is 1.47. The lowest BCUT2D eigenvalue weighted by atomic mass is 9.74. The summed E-state index contributed by atoms with van der Waals surface area (Å²) in [6.45, 7) is 5.60. The van der Waals surface area contributed by atoms with Crippen LogP contribution in [0.1, 0.15) is 32.3 Å². The maximum atomic E-state index is 11.8. The molecule has 0 spiro atoms. The third-order valence-corrected chi connectivity index (χ3v) is 7.31. The van der Waals surface area contributed by atoms with Gasteiger partial charge in [0.25, 0.3) is 0 Å². The first-order valence-electron chi connectivity index (χ1n) is 10.9. The quantitative estimate of drug-likeness (QED) is 0.636. The van der Waals surface area contributed by atoms with Crippen LogP contribution in [0.25, 0.3) is 5.69 Å². The Hall–Kier alpha value is -2.84. The molecule has 0 bridgehead atoms. The van der Waals surface area contributed by atoms with Crippen LogP contribution in [0.5, 0.6) is 0 Å². The van der Waals surface area contributed by atoms with Crippen molar-refractivity contribution in [2.45, 2.75) is 54.0 Å². The number of hydrogen-bond donors (Lipinski definition) is 1. The molecule has 1 fully saturated rings. The van der Waals surface area contributed by atoms with Gasteiger partial charge in [0.15, 0.2) is 5.90 Å². The van der Waals surface area contributed by atoms with Gasteiger partial charge in [-0.25, -0.2) is 9.79 Å². The number of H-pyrrole nitrogens is 1. The van der Waals surface area contributed by atoms with E-state index in [0.29, 0.717) is 13.2 Å². The third kappa shape index (κ3) is 3.89. The van der Waals surface area contributed by atoms with Gasteiger partial charge in [0.05, 0.1) is 17.1 Å². The van der Waals surface area contributed by atoms with E-state index < -0.39 is 0 Å². The zero-order valence-electron chi connectivity index (χ0n) is 18.2. The summed E-state index contributed by atoms with van der Waals surface area (Å²) in [5, 5.41) is 4.03. The van der Waals surface area contributed by atoms with Gasteiger partial charge in [0.1, 0.15) is 12.4 Å². The van der Waals surface area contributed by atoms with E-state index in [-0.39, 0.29) is 23.3 Å². The fourth-order valence-corrected chi connectivity index (χ4v) is 5.14. The predicted octanol–water partition coefficient (Wildman–Crippen LogP) is 3.97. The van der Waals surface area contributed by atoms with E-state index >= 15 is 0 Å². The first kappa shape index (κ1) is 21.0. The number of aromatic nitrogens is 3. The molecule has 2 aliphatic heterocycles. The minimum Gasteiger partial charge on any atom is -0.475 e. The fraction of sp³-hybridized carbons (Fsp3) is 0.375. The SMILES string of the molecule is CC1N=C(C2(c3cccc(Sc4ccc(-n5nc[nH]c5=O)cc4)c3)CCOCC2)OC1C. The smallest absolute Gasteiger partial charge is 0.347 e. The van der Waals surface area contributed by atoms with Crippen molar-refractivity contribution in [3.05, 3.63) is 70.9 Å². The van der Waals surface area contributed by atoms with Crippen molar-refractivity contribution in [1.82, 2.24) is 14.8 Å². The summed E-state index contributed by atoms with van der Waals surface area (Å²) in [6, 6.07) is 16.6. The molecule has 0 radical (unpaired) electrons. The number of hydrogen-bond acceptors (Lipinski definition) is 6. The van der Waals surface area contributed by atoms with Gasteiger partial charge in [-0.05, 0) is 68.7 Å². The topological polar surface area (TPSA) is 81.5 Å². The maximum absolute atomic E-state index is 11.8. The Morgan fingerprint density at radius 1 is 1.09 bits per heavy atom. The van der Waals surface area contributed by atoms with Crippen molar-refractivity contribution in [1.29, 1.82) is 0 Å². The fourth-order valence-electron chi connectivity index (χ4n) is 4.27. The highest BCUT2D eigenvalue weighted by molar-refractivity contribution is 7.99. The van der Waals surface area contributed by atoms with Crippen molar-refractivity contribution >= 4 is 17.7 Å². The molecule has 0 amide bonds. The molecule has 0 aliphatic carbocycles. The minimum atomic E-state index is -0.249. The summed E-state index contributed by atoms with van der Waals surface area (Å²) < 4.78 is 13.3. The van der Waals surface area contributed by atoms with Crippen molar-refractivity contribution < 1.29 is 9.47 Å². The third-order valence-electron chi connectivity index (χ3n) is 6.31. The van der Waals surface area contributed by atoms with Crippen LogP contribution in [-0.2, 0) is 14.9 Å². The van der Waals surface area contributed by atoms with E-state index in [1.807, 2.05) is 24.3 Å². The summed E-state index contributed by atoms with van der Waals surface area (Å²) in [6.07, 6.45) is 3.23. The Kier molecular flexibility index (Phi) is 5.65. The van der Waals surface area contributed by atoms with E-state index in [1.54, 1.807) is 11.8 Å². The van der Waals surface area contributed by atoms with Crippen LogP contribution < -0.4 is 5.69 Å². The van der Waals surface area contributed by atoms with E-state index in [4.69, 9.17) is 14.5 Å². The molecule has 2 aromatic carbocycles. The normalized spacial score (nSPS) is 22.4. The molecule has 2 unspecified atom stereocenters. The monoisotopic (exact) mass is 450 g/mol. The van der Waals surface area contributed by atoms with Crippen molar-refractivity contribution in [2.24, 2.45) is 4.99 Å². The molecule has 32 heavy (non-hydrogen) atoms. The average molecular weight is 451 g/mol. The predicted molar refractivity (Wildman–Crippen MR) is 124 cm³/mol. The van der Waals surface area contributed by atoms with E-state index in [0.717, 1.165) is 34.2 Å². The van der Waals surface area contributed by atoms with Crippen LogP contribution in [-0.4, -0.2) is 46.0 Å². The van der Waals surface area contributed by atoms with Gasteiger partial charge in [-0.2, -0.15) is 9.78 Å². The Morgan fingerprint density at radius 2 is 1.88 bits per heavy atom. The van der Waals surface area contributed by atoms with E-state index in [1.165, 1.54) is 16.6 Å². The highest BCUT2D eigenvalue weighted by Crippen LogP contribution is 2.41. The molecule has 5 rings (SSSR count). The number of ether oxygens (including phenoxy) is 2. The second kappa shape index (κ2) is 8.60. The minimum absolute atomic E-state index is 0.0998. The summed E-state index contributed by atoms with van der Waals surface area (Å²) in [4.78, 5) is 21.5. The van der Waals surface area contributed by atoms with Gasteiger partial charge in [-0.3, -0.25) is 4.98 Å². The Bertz CT molecular complexity index is 1180. The lowest BCUT2D eigenvalue weighted by Crippen LogP contribution is -2.42. The standard InChI is InChI=1S/C24H26N4O3S/c1-16-17(2)31-22(27-16)24(10-12-30-13-11-24)18-4-3-5-21(14-18)32-20-8-6-19(7-9-20)28-23(29)25-15-26-28/h3-9,14-17H,10-13H2,1-2H3,(H,25,26,29). The molecule has 3 aromatic rings. The number of benzene rings is 2. The highest BCUT2D eigenvalue weighted by atomic mass is 32.2. The average Bonchev–Trinajstić information content (AvgIpc) is 3.40. The lowest BCUT2D eigenvalue weighted by Gasteiger charge is -2.37. The molecule has 1 N–H and O–H groups in total. The molecular weight excluding hydrogens is 424 g/mol. The van der Waals surface area contributed by atoms with Gasteiger partial charge < -0.3 is 9.47 Å². The Morgan fingerprint density at radius 3 is 2.53 bits per heavy atom. The zero-order chi connectivity index (χ0) is 22.1. The van der Waals surface area contributed by atoms with Crippen LogP contribution in [0, 0.1) is 0 Å². The van der Waals surface area contributed by atoms with Crippen molar-refractivity contribution in [3.8, 4) is 5.69 Å². The molecule has 2 atom stereocenters. The van der Waals surface area contributed by atoms with Crippen LogP contribution in [0.4, 0.5) is 0 Å². The molecule has 166 valence electrons. The summed E-state index contributed by atoms with van der Waals surface area (Å²) >= 11 is 1.69. The van der Waals surface area contributed by atoms with Crippen LogP contribution in [0.2, 0.25) is 0 Å². The van der Waals surface area contributed by atoms with Gasteiger partial charge in [0, 0.05) is 23.0 Å². The molecule has 8 heteroatoms. The zero-order valence-corrected chi connectivity index (χ0v) is 19.0. The molecule has 3 heterocycles. The molecule has 2 aliphatic rings. The van der Waals surface area contributed by atoms with Crippen LogP contribution in [0.15, 0.2) is 74.4 Å². The molecular formula is C24H26N4O3S. The largest absolute Gasteiger partial charge is 0.475 e. The highest BCUT2D eigenvalue weighted by Gasteiger charge is 2.44. The molecule has 7 nitrogen and oxygen atoms in total. The number of aliphatic imine (C=N–C) groups is 1. The van der Waals surface area contributed by atoms with Crippen molar-refractivity contribution in [2.75, 3.05) is 13.2 Å². The van der Waals surface area contributed by atoms with Gasteiger partial charge in [-0.1, -0.05) is 23.9 Å². The summed E-state index contributed by atoms with van der Waals surface area (Å²) in [5.74, 6) is 0.858. The first-order valence-corrected chi connectivity index (χ1v) is 11.7. The van der Waals surface area contributed by atoms with Crippen LogP contribution >= 0.6 is 11.8 Å². The number of nitrogens with zero attached hydrogens (tertiary/aromatic N) is 3. The van der Waals surface area contributed by atoms with Gasteiger partial charge in [0.2, 0.25) is 0 Å². The second-order valence-electron chi connectivity index (χ2n) is 8.32. The maximum Gasteiger partial charge on any atom is 0.347 e.